The first-order valence-corrected chi connectivity index (χ1v) is 11.1. The SMILES string of the molecule is CCCCc1cc(F)ccc1OCCO[Si](C)(C)C(C)(C)C. The van der Waals surface area contributed by atoms with Crippen molar-refractivity contribution in [1.82, 2.24) is 0 Å². The molecular weight excluding hydrogens is 295 g/mol. The third kappa shape index (κ3) is 5.73. The molecule has 0 amide bonds. The summed E-state index contributed by atoms with van der Waals surface area (Å²) >= 11 is 0. The molecule has 0 spiro atoms. The van der Waals surface area contributed by atoms with Crippen LogP contribution in [0.25, 0.3) is 0 Å². The summed E-state index contributed by atoms with van der Waals surface area (Å²) in [5, 5.41) is 0.204. The van der Waals surface area contributed by atoms with Gasteiger partial charge in [-0.1, -0.05) is 34.1 Å². The van der Waals surface area contributed by atoms with Gasteiger partial charge in [-0.15, -0.1) is 0 Å². The van der Waals surface area contributed by atoms with Gasteiger partial charge in [0.05, 0.1) is 6.61 Å². The summed E-state index contributed by atoms with van der Waals surface area (Å²) in [5.41, 5.74) is 0.953. The minimum Gasteiger partial charge on any atom is -0.491 e. The Labute approximate surface area is 136 Å². The zero-order valence-electron chi connectivity index (χ0n) is 15.0. The highest BCUT2D eigenvalue weighted by molar-refractivity contribution is 6.74. The van der Waals surface area contributed by atoms with Crippen molar-refractivity contribution in [2.45, 2.75) is 65.1 Å². The lowest BCUT2D eigenvalue weighted by atomic mass is 10.1. The van der Waals surface area contributed by atoms with Gasteiger partial charge in [0.1, 0.15) is 18.2 Å². The summed E-state index contributed by atoms with van der Waals surface area (Å²) in [6, 6.07) is 4.77. The first-order valence-electron chi connectivity index (χ1n) is 8.22. The number of rotatable bonds is 8. The number of hydrogen-bond acceptors (Lipinski definition) is 2. The third-order valence-electron chi connectivity index (χ3n) is 4.43. The van der Waals surface area contributed by atoms with Gasteiger partial charge in [0, 0.05) is 0 Å². The molecule has 0 aliphatic carbocycles. The van der Waals surface area contributed by atoms with Gasteiger partial charge < -0.3 is 9.16 Å². The fraction of sp³-hybridized carbons (Fsp3) is 0.667. The number of ether oxygens (including phenoxy) is 1. The molecular formula is C18H31FO2Si. The summed E-state index contributed by atoms with van der Waals surface area (Å²) in [6.45, 7) is 14.4. The first kappa shape index (κ1) is 19.2. The van der Waals surface area contributed by atoms with Gasteiger partial charge in [-0.25, -0.2) is 4.39 Å². The van der Waals surface area contributed by atoms with Crippen LogP contribution in [-0.4, -0.2) is 21.5 Å². The molecule has 0 radical (unpaired) electrons. The van der Waals surface area contributed by atoms with Crippen LogP contribution in [0.4, 0.5) is 4.39 Å². The Kier molecular flexibility index (Phi) is 7.07. The van der Waals surface area contributed by atoms with Gasteiger partial charge in [0.2, 0.25) is 0 Å². The Morgan fingerprint density at radius 3 is 2.41 bits per heavy atom. The third-order valence-corrected chi connectivity index (χ3v) is 8.97. The molecule has 0 atom stereocenters. The molecule has 0 N–H and O–H groups in total. The van der Waals surface area contributed by atoms with Crippen LogP contribution >= 0.6 is 0 Å². The van der Waals surface area contributed by atoms with Crippen molar-refractivity contribution in [2.24, 2.45) is 0 Å². The summed E-state index contributed by atoms with van der Waals surface area (Å²) in [6.07, 6.45) is 2.98. The lowest BCUT2D eigenvalue weighted by Gasteiger charge is -2.36. The Hall–Kier alpha value is -0.873. The molecule has 0 saturated carbocycles. The normalized spacial score (nSPS) is 12.5. The van der Waals surface area contributed by atoms with E-state index in [0.29, 0.717) is 13.2 Å². The van der Waals surface area contributed by atoms with Crippen molar-refractivity contribution >= 4 is 8.32 Å². The summed E-state index contributed by atoms with van der Waals surface area (Å²) in [4.78, 5) is 0. The van der Waals surface area contributed by atoms with Gasteiger partial charge in [-0.2, -0.15) is 0 Å². The van der Waals surface area contributed by atoms with Crippen LogP contribution in [0.2, 0.25) is 18.1 Å². The molecule has 0 heterocycles. The van der Waals surface area contributed by atoms with Gasteiger partial charge in [0.25, 0.3) is 0 Å². The molecule has 1 rings (SSSR count). The molecule has 0 aliphatic heterocycles. The smallest absolute Gasteiger partial charge is 0.192 e. The summed E-state index contributed by atoms with van der Waals surface area (Å²) in [7, 11) is -1.73. The highest BCUT2D eigenvalue weighted by Crippen LogP contribution is 2.36. The fourth-order valence-electron chi connectivity index (χ4n) is 1.92. The summed E-state index contributed by atoms with van der Waals surface area (Å²) in [5.74, 6) is 0.588. The minimum absolute atomic E-state index is 0.198. The lowest BCUT2D eigenvalue weighted by Crippen LogP contribution is -2.41. The second kappa shape index (κ2) is 8.11. The standard InChI is InChI=1S/C18H31FO2Si/c1-7-8-9-15-14-16(19)10-11-17(15)20-12-13-21-22(5,6)18(2,3)4/h10-11,14H,7-9,12-13H2,1-6H3. The number of aryl methyl sites for hydroxylation is 1. The molecule has 0 unspecified atom stereocenters. The van der Waals surface area contributed by atoms with Crippen LogP contribution < -0.4 is 4.74 Å². The van der Waals surface area contributed by atoms with Crippen LogP contribution in [0.1, 0.15) is 46.1 Å². The van der Waals surface area contributed by atoms with Crippen LogP contribution in [0, 0.1) is 5.82 Å². The van der Waals surface area contributed by atoms with E-state index in [1.807, 2.05) is 0 Å². The molecule has 22 heavy (non-hydrogen) atoms. The molecule has 0 bridgehead atoms. The van der Waals surface area contributed by atoms with Crippen molar-refractivity contribution in [2.75, 3.05) is 13.2 Å². The minimum atomic E-state index is -1.73. The predicted octanol–water partition coefficient (Wildman–Crippen LogP) is 5.57. The molecule has 1 aromatic carbocycles. The van der Waals surface area contributed by atoms with E-state index in [1.54, 1.807) is 12.1 Å². The Bertz CT molecular complexity index is 467. The monoisotopic (exact) mass is 326 g/mol. The van der Waals surface area contributed by atoms with Gasteiger partial charge in [-0.05, 0) is 54.7 Å². The van der Waals surface area contributed by atoms with Crippen LogP contribution in [-0.2, 0) is 10.8 Å². The van der Waals surface area contributed by atoms with Gasteiger partial charge >= 0.3 is 0 Å². The molecule has 0 aliphatic rings. The zero-order valence-corrected chi connectivity index (χ0v) is 16.0. The number of halogens is 1. The molecule has 1 aromatic rings. The highest BCUT2D eigenvalue weighted by Gasteiger charge is 2.36. The molecule has 4 heteroatoms. The van der Waals surface area contributed by atoms with Crippen molar-refractivity contribution in [3.63, 3.8) is 0 Å². The topological polar surface area (TPSA) is 18.5 Å². The molecule has 126 valence electrons. The van der Waals surface area contributed by atoms with Crippen molar-refractivity contribution in [3.8, 4) is 5.75 Å². The van der Waals surface area contributed by atoms with E-state index in [4.69, 9.17) is 9.16 Å². The van der Waals surface area contributed by atoms with Gasteiger partial charge in [-0.3, -0.25) is 0 Å². The van der Waals surface area contributed by atoms with Crippen molar-refractivity contribution < 1.29 is 13.6 Å². The molecule has 0 saturated heterocycles. The van der Waals surface area contributed by atoms with E-state index >= 15 is 0 Å². The molecule has 0 fully saturated rings. The Morgan fingerprint density at radius 1 is 1.14 bits per heavy atom. The van der Waals surface area contributed by atoms with Crippen molar-refractivity contribution in [3.05, 3.63) is 29.6 Å². The maximum Gasteiger partial charge on any atom is 0.192 e. The number of unbranched alkanes of at least 4 members (excludes halogenated alkanes) is 1. The number of benzene rings is 1. The van der Waals surface area contributed by atoms with E-state index in [-0.39, 0.29) is 10.9 Å². The van der Waals surface area contributed by atoms with E-state index in [2.05, 4.69) is 40.8 Å². The van der Waals surface area contributed by atoms with Crippen LogP contribution in [0.15, 0.2) is 18.2 Å². The summed E-state index contributed by atoms with van der Waals surface area (Å²) < 4.78 is 25.3. The lowest BCUT2D eigenvalue weighted by molar-refractivity contribution is 0.202. The van der Waals surface area contributed by atoms with Crippen LogP contribution in [0.3, 0.4) is 0 Å². The maximum absolute atomic E-state index is 13.4. The molecule has 2 nitrogen and oxygen atoms in total. The van der Waals surface area contributed by atoms with E-state index in [1.165, 1.54) is 6.07 Å². The fourth-order valence-corrected chi connectivity index (χ4v) is 2.94. The maximum atomic E-state index is 13.4. The van der Waals surface area contributed by atoms with Crippen LogP contribution in [0.5, 0.6) is 5.75 Å². The average Bonchev–Trinajstić information content (AvgIpc) is 2.41. The molecule has 0 aromatic heterocycles. The second-order valence-electron chi connectivity index (χ2n) is 7.31. The average molecular weight is 327 g/mol. The highest BCUT2D eigenvalue weighted by atomic mass is 28.4. The Balaban J connectivity index is 2.55. The Morgan fingerprint density at radius 2 is 1.82 bits per heavy atom. The van der Waals surface area contributed by atoms with Gasteiger partial charge in [0.15, 0.2) is 8.32 Å². The second-order valence-corrected chi connectivity index (χ2v) is 12.1. The quantitative estimate of drug-likeness (QED) is 0.459. The number of hydrogen-bond donors (Lipinski definition) is 0. The predicted molar refractivity (Wildman–Crippen MR) is 93.7 cm³/mol. The largest absolute Gasteiger partial charge is 0.491 e. The van der Waals surface area contributed by atoms with E-state index < -0.39 is 8.32 Å². The zero-order chi connectivity index (χ0) is 16.8. The van der Waals surface area contributed by atoms with E-state index in [0.717, 1.165) is 30.6 Å². The van der Waals surface area contributed by atoms with E-state index in [9.17, 15) is 4.39 Å². The first-order chi connectivity index (χ1) is 10.2. The van der Waals surface area contributed by atoms with Crippen molar-refractivity contribution in [1.29, 1.82) is 0 Å².